The molecule has 5 heteroatoms. The fourth-order valence-electron chi connectivity index (χ4n) is 1.54. The third-order valence-electron chi connectivity index (χ3n) is 2.39. The number of halogens is 1. The van der Waals surface area contributed by atoms with E-state index in [-0.39, 0.29) is 0 Å². The molecule has 1 aromatic heterocycles. The van der Waals surface area contributed by atoms with Crippen molar-refractivity contribution in [3.8, 4) is 11.4 Å². The molecule has 2 N–H and O–H groups in total. The highest BCUT2D eigenvalue weighted by Gasteiger charge is 2.12. The van der Waals surface area contributed by atoms with Crippen LogP contribution in [0.4, 0.5) is 5.69 Å². The summed E-state index contributed by atoms with van der Waals surface area (Å²) in [4.78, 5) is 0. The van der Waals surface area contributed by atoms with Gasteiger partial charge in [-0.2, -0.15) is 0 Å². The highest BCUT2D eigenvalue weighted by atomic mass is 79.9. The topological polar surface area (TPSA) is 56.7 Å². The molecule has 84 valence electrons. The third-order valence-corrected chi connectivity index (χ3v) is 2.88. The lowest BCUT2D eigenvalue weighted by molar-refractivity contribution is 0.604. The van der Waals surface area contributed by atoms with Crippen molar-refractivity contribution in [2.24, 2.45) is 0 Å². The number of anilines is 1. The van der Waals surface area contributed by atoms with Gasteiger partial charge in [0.1, 0.15) is 6.33 Å². The average molecular weight is 281 g/mol. The summed E-state index contributed by atoms with van der Waals surface area (Å²) in [7, 11) is 0. The van der Waals surface area contributed by atoms with Gasteiger partial charge in [-0.15, -0.1) is 10.2 Å². The van der Waals surface area contributed by atoms with E-state index in [1.165, 1.54) is 0 Å². The Morgan fingerprint density at radius 1 is 1.38 bits per heavy atom. The SMILES string of the molecule is CC(C)n1cnnc1-c1cc(Br)ccc1N. The van der Waals surface area contributed by atoms with Gasteiger partial charge in [0.2, 0.25) is 0 Å². The minimum Gasteiger partial charge on any atom is -0.398 e. The maximum absolute atomic E-state index is 5.95. The number of hydrogen-bond donors (Lipinski definition) is 1. The van der Waals surface area contributed by atoms with Crippen LogP contribution in [0.15, 0.2) is 29.0 Å². The van der Waals surface area contributed by atoms with Crippen LogP contribution in [-0.2, 0) is 0 Å². The Kier molecular flexibility index (Phi) is 2.96. The van der Waals surface area contributed by atoms with E-state index in [1.807, 2.05) is 22.8 Å². The molecule has 16 heavy (non-hydrogen) atoms. The van der Waals surface area contributed by atoms with E-state index < -0.39 is 0 Å². The molecular formula is C11H13BrN4. The number of nitrogens with two attached hydrogens (primary N) is 1. The first kappa shape index (κ1) is 11.1. The highest BCUT2D eigenvalue weighted by Crippen LogP contribution is 2.28. The van der Waals surface area contributed by atoms with E-state index in [2.05, 4.69) is 40.0 Å². The molecule has 0 saturated carbocycles. The number of hydrogen-bond acceptors (Lipinski definition) is 3. The Balaban J connectivity index is 2.58. The van der Waals surface area contributed by atoms with E-state index in [9.17, 15) is 0 Å². The molecule has 1 aromatic carbocycles. The second-order valence-corrected chi connectivity index (χ2v) is 4.80. The summed E-state index contributed by atoms with van der Waals surface area (Å²) >= 11 is 3.43. The lowest BCUT2D eigenvalue weighted by Crippen LogP contribution is -2.03. The molecule has 2 aromatic rings. The summed E-state index contributed by atoms with van der Waals surface area (Å²) in [5, 5.41) is 8.05. The minimum atomic E-state index is 0.309. The number of benzene rings is 1. The molecule has 0 fully saturated rings. The van der Waals surface area contributed by atoms with Crippen molar-refractivity contribution in [1.82, 2.24) is 14.8 Å². The first-order valence-corrected chi connectivity index (χ1v) is 5.84. The molecule has 0 aliphatic carbocycles. The zero-order valence-corrected chi connectivity index (χ0v) is 10.8. The van der Waals surface area contributed by atoms with Crippen molar-refractivity contribution in [1.29, 1.82) is 0 Å². The Morgan fingerprint density at radius 3 is 2.81 bits per heavy atom. The quantitative estimate of drug-likeness (QED) is 0.861. The predicted octanol–water partition coefficient (Wildman–Crippen LogP) is 2.87. The van der Waals surface area contributed by atoms with Crippen LogP contribution in [0.2, 0.25) is 0 Å². The van der Waals surface area contributed by atoms with Gasteiger partial charge in [-0.1, -0.05) is 15.9 Å². The Bertz CT molecular complexity index is 504. The van der Waals surface area contributed by atoms with Gasteiger partial charge in [0.05, 0.1) is 0 Å². The molecule has 0 unspecified atom stereocenters. The largest absolute Gasteiger partial charge is 0.398 e. The minimum absolute atomic E-state index is 0.309. The van der Waals surface area contributed by atoms with Gasteiger partial charge in [0.15, 0.2) is 5.82 Å². The van der Waals surface area contributed by atoms with Gasteiger partial charge >= 0.3 is 0 Å². The van der Waals surface area contributed by atoms with Gasteiger partial charge in [-0.05, 0) is 32.0 Å². The molecule has 0 amide bonds. The van der Waals surface area contributed by atoms with Crippen LogP contribution in [0.5, 0.6) is 0 Å². The molecular weight excluding hydrogens is 268 g/mol. The first-order valence-electron chi connectivity index (χ1n) is 5.04. The van der Waals surface area contributed by atoms with Gasteiger partial charge in [-0.25, -0.2) is 0 Å². The second kappa shape index (κ2) is 4.25. The van der Waals surface area contributed by atoms with Gasteiger partial charge in [-0.3, -0.25) is 0 Å². The predicted molar refractivity (Wildman–Crippen MR) is 68.0 cm³/mol. The number of nitrogens with zero attached hydrogens (tertiary/aromatic N) is 3. The zero-order valence-electron chi connectivity index (χ0n) is 9.18. The lowest BCUT2D eigenvalue weighted by Gasteiger charge is -2.11. The normalized spacial score (nSPS) is 11.0. The van der Waals surface area contributed by atoms with Crippen LogP contribution in [0, 0.1) is 0 Å². The summed E-state index contributed by atoms with van der Waals surface area (Å²) in [6.07, 6.45) is 1.72. The van der Waals surface area contributed by atoms with Crippen LogP contribution >= 0.6 is 15.9 Å². The van der Waals surface area contributed by atoms with Crippen molar-refractivity contribution in [2.75, 3.05) is 5.73 Å². The maximum Gasteiger partial charge on any atom is 0.166 e. The summed E-state index contributed by atoms with van der Waals surface area (Å²) < 4.78 is 2.98. The molecule has 0 aliphatic heterocycles. The smallest absolute Gasteiger partial charge is 0.166 e. The Hall–Kier alpha value is -1.36. The van der Waals surface area contributed by atoms with E-state index in [0.717, 1.165) is 15.9 Å². The summed E-state index contributed by atoms with van der Waals surface area (Å²) in [6, 6.07) is 6.04. The summed E-state index contributed by atoms with van der Waals surface area (Å²) in [5.41, 5.74) is 7.56. The van der Waals surface area contributed by atoms with Crippen molar-refractivity contribution in [2.45, 2.75) is 19.9 Å². The number of rotatable bonds is 2. The molecule has 1 heterocycles. The molecule has 4 nitrogen and oxygen atoms in total. The van der Waals surface area contributed by atoms with Crippen LogP contribution < -0.4 is 5.73 Å². The maximum atomic E-state index is 5.95. The van der Waals surface area contributed by atoms with Crippen LogP contribution in [0.3, 0.4) is 0 Å². The van der Waals surface area contributed by atoms with E-state index in [0.29, 0.717) is 11.7 Å². The van der Waals surface area contributed by atoms with E-state index >= 15 is 0 Å². The molecule has 2 rings (SSSR count). The molecule has 0 bridgehead atoms. The van der Waals surface area contributed by atoms with Gasteiger partial charge < -0.3 is 10.3 Å². The van der Waals surface area contributed by atoms with Crippen molar-refractivity contribution < 1.29 is 0 Å². The van der Waals surface area contributed by atoms with Crippen molar-refractivity contribution in [3.05, 3.63) is 29.0 Å². The van der Waals surface area contributed by atoms with Gasteiger partial charge in [0, 0.05) is 21.8 Å². The van der Waals surface area contributed by atoms with Gasteiger partial charge in [0.25, 0.3) is 0 Å². The lowest BCUT2D eigenvalue weighted by atomic mass is 10.1. The van der Waals surface area contributed by atoms with E-state index in [4.69, 9.17) is 5.73 Å². The summed E-state index contributed by atoms with van der Waals surface area (Å²) in [6.45, 7) is 4.17. The molecule has 0 radical (unpaired) electrons. The van der Waals surface area contributed by atoms with Crippen LogP contribution in [0.1, 0.15) is 19.9 Å². The molecule has 0 aliphatic rings. The molecule has 0 spiro atoms. The van der Waals surface area contributed by atoms with Crippen LogP contribution in [-0.4, -0.2) is 14.8 Å². The Morgan fingerprint density at radius 2 is 2.12 bits per heavy atom. The van der Waals surface area contributed by atoms with Crippen LogP contribution in [0.25, 0.3) is 11.4 Å². The number of nitrogen functional groups attached to an aromatic ring is 1. The number of aromatic nitrogens is 3. The van der Waals surface area contributed by atoms with E-state index in [1.54, 1.807) is 6.33 Å². The van der Waals surface area contributed by atoms with Crippen molar-refractivity contribution in [3.63, 3.8) is 0 Å². The monoisotopic (exact) mass is 280 g/mol. The molecule has 0 atom stereocenters. The summed E-state index contributed by atoms with van der Waals surface area (Å²) in [5.74, 6) is 0.800. The second-order valence-electron chi connectivity index (χ2n) is 3.89. The average Bonchev–Trinajstić information content (AvgIpc) is 2.70. The fourth-order valence-corrected chi connectivity index (χ4v) is 1.90. The highest BCUT2D eigenvalue weighted by molar-refractivity contribution is 9.10. The first-order chi connectivity index (χ1) is 7.59. The standard InChI is InChI=1S/C11H13BrN4/c1-7(2)16-6-14-15-11(16)9-5-8(12)3-4-10(9)13/h3-7H,13H2,1-2H3. The molecule has 0 saturated heterocycles. The van der Waals surface area contributed by atoms with Crippen molar-refractivity contribution >= 4 is 21.6 Å². The zero-order chi connectivity index (χ0) is 11.7. The Labute approximate surface area is 103 Å². The fraction of sp³-hybridized carbons (Fsp3) is 0.273. The third kappa shape index (κ3) is 1.95.